The summed E-state index contributed by atoms with van der Waals surface area (Å²) in [6, 6.07) is 13.6. The van der Waals surface area contributed by atoms with Crippen LogP contribution in [-0.4, -0.2) is 34.9 Å². The van der Waals surface area contributed by atoms with Gasteiger partial charge in [0.15, 0.2) is 0 Å². The first-order valence-corrected chi connectivity index (χ1v) is 8.46. The molecule has 2 aromatic rings. The van der Waals surface area contributed by atoms with Crippen LogP contribution in [0.25, 0.3) is 0 Å². The molecular formula is C20H20N2O6. The first kappa shape index (κ1) is 20.6. The number of carboxylic acid groups (broad SMARTS) is 1. The topological polar surface area (TPSA) is 122 Å². The molecule has 2 rings (SSSR count). The summed E-state index contributed by atoms with van der Waals surface area (Å²) in [5.41, 5.74) is 1.08. The zero-order chi connectivity index (χ0) is 20.5. The largest absolute Gasteiger partial charge is 0.480 e. The number of carbonyl (C=O) groups is 4. The molecule has 2 amide bonds. The number of ether oxygens (including phenoxy) is 1. The van der Waals surface area contributed by atoms with Crippen molar-refractivity contribution in [3.05, 3.63) is 65.7 Å². The van der Waals surface area contributed by atoms with E-state index in [1.807, 2.05) is 6.07 Å². The number of nitrogens with one attached hydrogen (secondary N) is 2. The Morgan fingerprint density at radius 3 is 2.29 bits per heavy atom. The molecule has 0 saturated carbocycles. The minimum Gasteiger partial charge on any atom is -0.480 e. The first-order valence-electron chi connectivity index (χ1n) is 8.46. The smallest absolute Gasteiger partial charge is 0.326 e. The van der Waals surface area contributed by atoms with Gasteiger partial charge in [-0.15, -0.1) is 0 Å². The van der Waals surface area contributed by atoms with Crippen molar-refractivity contribution in [1.82, 2.24) is 5.32 Å². The number of esters is 1. The first-order chi connectivity index (χ1) is 13.4. The summed E-state index contributed by atoms with van der Waals surface area (Å²) >= 11 is 0. The maximum atomic E-state index is 12.4. The number of hydrogen-bond acceptors (Lipinski definition) is 5. The molecule has 1 atom stereocenters. The third-order valence-corrected chi connectivity index (χ3v) is 3.70. The Morgan fingerprint density at radius 1 is 1.00 bits per heavy atom. The second kappa shape index (κ2) is 9.86. The summed E-state index contributed by atoms with van der Waals surface area (Å²) in [5.74, 6) is -3.24. The molecule has 3 N–H and O–H groups in total. The summed E-state index contributed by atoms with van der Waals surface area (Å²) in [6.07, 6.45) is -0.532. The van der Waals surface area contributed by atoms with E-state index in [0.717, 1.165) is 5.56 Å². The normalized spacial score (nSPS) is 11.2. The van der Waals surface area contributed by atoms with Gasteiger partial charge in [-0.05, 0) is 17.7 Å². The number of carboxylic acids is 1. The molecule has 0 unspecified atom stereocenters. The molecule has 0 spiro atoms. The maximum Gasteiger partial charge on any atom is 0.326 e. The van der Waals surface area contributed by atoms with Crippen molar-refractivity contribution in [3.8, 4) is 0 Å². The van der Waals surface area contributed by atoms with Crippen molar-refractivity contribution in [3.63, 3.8) is 0 Å². The van der Waals surface area contributed by atoms with Gasteiger partial charge in [0.1, 0.15) is 12.6 Å². The van der Waals surface area contributed by atoms with Crippen LogP contribution in [0, 0.1) is 0 Å². The molecule has 28 heavy (non-hydrogen) atoms. The molecule has 0 saturated heterocycles. The van der Waals surface area contributed by atoms with Crippen molar-refractivity contribution in [2.24, 2.45) is 0 Å². The van der Waals surface area contributed by atoms with E-state index in [0.29, 0.717) is 0 Å². The van der Waals surface area contributed by atoms with Gasteiger partial charge in [-0.3, -0.25) is 14.4 Å². The van der Waals surface area contributed by atoms with Crippen LogP contribution < -0.4 is 10.6 Å². The highest BCUT2D eigenvalue weighted by molar-refractivity contribution is 6.04. The number of para-hydroxylation sites is 1. The predicted molar refractivity (Wildman–Crippen MR) is 100 cm³/mol. The Labute approximate surface area is 161 Å². The summed E-state index contributed by atoms with van der Waals surface area (Å²) in [7, 11) is 0. The van der Waals surface area contributed by atoms with E-state index in [1.165, 1.54) is 19.1 Å². The molecule has 0 fully saturated rings. The Balaban J connectivity index is 2.00. The van der Waals surface area contributed by atoms with Crippen LogP contribution in [0.15, 0.2) is 54.6 Å². The van der Waals surface area contributed by atoms with Crippen molar-refractivity contribution in [2.45, 2.75) is 26.0 Å². The summed E-state index contributed by atoms with van der Waals surface area (Å²) in [5, 5.41) is 14.1. The number of rotatable bonds is 8. The predicted octanol–water partition coefficient (Wildman–Crippen LogP) is 1.96. The molecule has 8 heteroatoms. The zero-order valence-electron chi connectivity index (χ0n) is 15.2. The molecule has 0 heterocycles. The molecule has 8 nitrogen and oxygen atoms in total. The number of amides is 2. The minimum absolute atomic E-state index is 0.00528. The van der Waals surface area contributed by atoms with E-state index >= 15 is 0 Å². The van der Waals surface area contributed by atoms with Crippen LogP contribution >= 0.6 is 0 Å². The summed E-state index contributed by atoms with van der Waals surface area (Å²) in [6.45, 7) is 1.29. The lowest BCUT2D eigenvalue weighted by Gasteiger charge is -2.16. The fraction of sp³-hybridized carbons (Fsp3) is 0.200. The van der Waals surface area contributed by atoms with Gasteiger partial charge in [0, 0.05) is 6.92 Å². The third-order valence-electron chi connectivity index (χ3n) is 3.70. The third kappa shape index (κ3) is 6.24. The van der Waals surface area contributed by atoms with Crippen molar-refractivity contribution in [2.75, 3.05) is 5.32 Å². The van der Waals surface area contributed by atoms with Crippen LogP contribution in [-0.2, 0) is 25.7 Å². The lowest BCUT2D eigenvalue weighted by molar-refractivity contribution is -0.150. The standard InChI is InChI=1S/C20H20N2O6/c1-13(23)21-16-10-6-5-9-15(16)19(25)22-17(20(26)27)11-18(24)28-12-14-7-3-2-4-8-14/h2-10,17H,11-12H2,1H3,(H,21,23)(H,22,25)(H,26,27)/t17-/m0/s1. The van der Waals surface area contributed by atoms with E-state index in [9.17, 15) is 24.3 Å². The molecule has 146 valence electrons. The quantitative estimate of drug-likeness (QED) is 0.598. The van der Waals surface area contributed by atoms with Gasteiger partial charge >= 0.3 is 11.9 Å². The highest BCUT2D eigenvalue weighted by Gasteiger charge is 2.25. The van der Waals surface area contributed by atoms with E-state index in [2.05, 4.69) is 10.6 Å². The molecule has 0 aliphatic rings. The van der Waals surface area contributed by atoms with Gasteiger partial charge in [-0.1, -0.05) is 42.5 Å². The van der Waals surface area contributed by atoms with Gasteiger partial charge in [-0.2, -0.15) is 0 Å². The van der Waals surface area contributed by atoms with Crippen LogP contribution in [0.2, 0.25) is 0 Å². The Kier molecular flexibility index (Phi) is 7.27. The Morgan fingerprint density at radius 2 is 1.64 bits per heavy atom. The molecule has 0 aromatic heterocycles. The molecule has 0 radical (unpaired) electrons. The fourth-order valence-corrected chi connectivity index (χ4v) is 2.38. The number of anilines is 1. The van der Waals surface area contributed by atoms with Gasteiger partial charge in [0.2, 0.25) is 5.91 Å². The van der Waals surface area contributed by atoms with E-state index in [-0.39, 0.29) is 23.8 Å². The van der Waals surface area contributed by atoms with Crippen molar-refractivity contribution < 1.29 is 29.0 Å². The number of hydrogen-bond donors (Lipinski definition) is 3. The van der Waals surface area contributed by atoms with E-state index in [4.69, 9.17) is 4.74 Å². The minimum atomic E-state index is -1.47. The van der Waals surface area contributed by atoms with Crippen molar-refractivity contribution >= 4 is 29.4 Å². The average molecular weight is 384 g/mol. The lowest BCUT2D eigenvalue weighted by Crippen LogP contribution is -2.42. The van der Waals surface area contributed by atoms with E-state index < -0.39 is 30.3 Å². The van der Waals surface area contributed by atoms with Crippen LogP contribution in [0.1, 0.15) is 29.3 Å². The Hall–Kier alpha value is -3.68. The molecule has 0 aliphatic heterocycles. The molecule has 2 aromatic carbocycles. The average Bonchev–Trinajstić information content (AvgIpc) is 2.66. The number of carbonyl (C=O) groups excluding carboxylic acids is 3. The van der Waals surface area contributed by atoms with E-state index in [1.54, 1.807) is 36.4 Å². The van der Waals surface area contributed by atoms with Crippen LogP contribution in [0.4, 0.5) is 5.69 Å². The zero-order valence-corrected chi connectivity index (χ0v) is 15.2. The molecule has 0 aliphatic carbocycles. The summed E-state index contributed by atoms with van der Waals surface area (Å²) in [4.78, 5) is 47.1. The highest BCUT2D eigenvalue weighted by atomic mass is 16.5. The molecule has 0 bridgehead atoms. The van der Waals surface area contributed by atoms with Gasteiger partial charge in [0.25, 0.3) is 5.91 Å². The van der Waals surface area contributed by atoms with Crippen LogP contribution in [0.3, 0.4) is 0 Å². The second-order valence-corrected chi connectivity index (χ2v) is 5.94. The monoisotopic (exact) mass is 384 g/mol. The second-order valence-electron chi connectivity index (χ2n) is 5.94. The van der Waals surface area contributed by atoms with Gasteiger partial charge in [-0.25, -0.2) is 4.79 Å². The Bertz CT molecular complexity index is 866. The lowest BCUT2D eigenvalue weighted by atomic mass is 10.1. The van der Waals surface area contributed by atoms with Crippen molar-refractivity contribution in [1.29, 1.82) is 0 Å². The number of aliphatic carboxylic acids is 1. The SMILES string of the molecule is CC(=O)Nc1ccccc1C(=O)N[C@@H](CC(=O)OCc1ccccc1)C(=O)O. The summed E-state index contributed by atoms with van der Waals surface area (Å²) < 4.78 is 5.06. The maximum absolute atomic E-state index is 12.4. The highest BCUT2D eigenvalue weighted by Crippen LogP contribution is 2.15. The number of benzene rings is 2. The van der Waals surface area contributed by atoms with Crippen LogP contribution in [0.5, 0.6) is 0 Å². The fourth-order valence-electron chi connectivity index (χ4n) is 2.38. The van der Waals surface area contributed by atoms with Gasteiger partial charge < -0.3 is 20.5 Å². The molecular weight excluding hydrogens is 364 g/mol. The van der Waals surface area contributed by atoms with Gasteiger partial charge in [0.05, 0.1) is 17.7 Å².